The Balaban J connectivity index is 2.48. The van der Waals surface area contributed by atoms with Crippen LogP contribution in [0.2, 0.25) is 0 Å². The summed E-state index contributed by atoms with van der Waals surface area (Å²) in [6.07, 6.45) is 0.819. The summed E-state index contributed by atoms with van der Waals surface area (Å²) in [5.41, 5.74) is 2.64. The number of aliphatic hydroxyl groups is 1. The Morgan fingerprint density at radius 3 is 2.50 bits per heavy atom. The normalized spacial score (nSPS) is 11.8. The van der Waals surface area contributed by atoms with Crippen LogP contribution < -0.4 is 5.32 Å². The number of ether oxygens (including phenoxy) is 1. The minimum Gasteiger partial charge on any atom is -0.396 e. The summed E-state index contributed by atoms with van der Waals surface area (Å²) < 4.78 is 5.19. The highest BCUT2D eigenvalue weighted by molar-refractivity contribution is 5.26. The zero-order valence-electron chi connectivity index (χ0n) is 11.7. The van der Waals surface area contributed by atoms with Gasteiger partial charge in [-0.25, -0.2) is 0 Å². The van der Waals surface area contributed by atoms with Crippen LogP contribution in [0.5, 0.6) is 0 Å². The minimum absolute atomic E-state index is 0.130. The van der Waals surface area contributed by atoms with Crippen molar-refractivity contribution in [1.82, 2.24) is 5.32 Å². The van der Waals surface area contributed by atoms with Gasteiger partial charge in [0, 0.05) is 26.8 Å². The lowest BCUT2D eigenvalue weighted by Gasteiger charge is -2.24. The van der Waals surface area contributed by atoms with Gasteiger partial charge in [-0.05, 0) is 23.0 Å². The molecule has 0 atom stereocenters. The Bertz CT molecular complexity index is 350. The smallest absolute Gasteiger partial charge is 0.0716 e. The molecule has 18 heavy (non-hydrogen) atoms. The quantitative estimate of drug-likeness (QED) is 0.745. The Kier molecular flexibility index (Phi) is 6.33. The van der Waals surface area contributed by atoms with Gasteiger partial charge in [-0.15, -0.1) is 0 Å². The van der Waals surface area contributed by atoms with Crippen molar-refractivity contribution in [3.8, 4) is 0 Å². The molecule has 3 nitrogen and oxygen atoms in total. The maximum Gasteiger partial charge on any atom is 0.0716 e. The molecule has 2 N–H and O–H groups in total. The van der Waals surface area contributed by atoms with Gasteiger partial charge in [0.15, 0.2) is 0 Å². The second-order valence-electron chi connectivity index (χ2n) is 5.44. The largest absolute Gasteiger partial charge is 0.396 e. The van der Waals surface area contributed by atoms with Crippen molar-refractivity contribution in [3.63, 3.8) is 0 Å². The minimum atomic E-state index is 0.130. The highest BCUT2D eigenvalue weighted by atomic mass is 16.5. The van der Waals surface area contributed by atoms with Crippen LogP contribution in [-0.2, 0) is 17.9 Å². The summed E-state index contributed by atoms with van der Waals surface area (Å²) in [5.74, 6) is 0. The molecule has 0 fully saturated rings. The number of nitrogens with one attached hydrogen (secondary N) is 1. The topological polar surface area (TPSA) is 41.5 Å². The van der Waals surface area contributed by atoms with Gasteiger partial charge >= 0.3 is 0 Å². The van der Waals surface area contributed by atoms with Crippen LogP contribution in [0, 0.1) is 5.41 Å². The second kappa shape index (κ2) is 7.52. The van der Waals surface area contributed by atoms with Gasteiger partial charge in [0.05, 0.1) is 6.61 Å². The van der Waals surface area contributed by atoms with Crippen LogP contribution in [-0.4, -0.2) is 25.4 Å². The predicted molar refractivity (Wildman–Crippen MR) is 74.3 cm³/mol. The summed E-state index contributed by atoms with van der Waals surface area (Å²) in [5, 5.41) is 12.4. The fourth-order valence-electron chi connectivity index (χ4n) is 1.95. The van der Waals surface area contributed by atoms with Crippen molar-refractivity contribution in [1.29, 1.82) is 0 Å². The molecule has 3 heteroatoms. The van der Waals surface area contributed by atoms with Crippen molar-refractivity contribution in [2.45, 2.75) is 33.4 Å². The van der Waals surface area contributed by atoms with Crippen molar-refractivity contribution in [2.24, 2.45) is 5.41 Å². The van der Waals surface area contributed by atoms with Crippen LogP contribution >= 0.6 is 0 Å². The maximum absolute atomic E-state index is 8.99. The third-order valence-corrected chi connectivity index (χ3v) is 3.13. The van der Waals surface area contributed by atoms with Crippen LogP contribution in [0.3, 0.4) is 0 Å². The van der Waals surface area contributed by atoms with E-state index in [1.165, 1.54) is 11.1 Å². The number of benzene rings is 1. The maximum atomic E-state index is 8.99. The van der Waals surface area contributed by atoms with E-state index >= 15 is 0 Å². The molecule has 1 rings (SSSR count). The first kappa shape index (κ1) is 15.2. The predicted octanol–water partition coefficient (Wildman–Crippen LogP) is 2.33. The number of rotatable bonds is 8. The lowest BCUT2D eigenvalue weighted by Crippen LogP contribution is -2.30. The molecule has 0 aliphatic heterocycles. The number of aliphatic hydroxyl groups excluding tert-OH is 1. The highest BCUT2D eigenvalue weighted by Gasteiger charge is 2.16. The third kappa shape index (κ3) is 5.17. The Hall–Kier alpha value is -0.900. The molecule has 0 saturated heterocycles. The Morgan fingerprint density at radius 2 is 1.89 bits per heavy atom. The van der Waals surface area contributed by atoms with E-state index in [0.29, 0.717) is 6.61 Å². The molecule has 102 valence electrons. The van der Waals surface area contributed by atoms with Crippen molar-refractivity contribution in [2.75, 3.05) is 20.3 Å². The van der Waals surface area contributed by atoms with Crippen molar-refractivity contribution in [3.05, 3.63) is 35.4 Å². The average Bonchev–Trinajstić information content (AvgIpc) is 2.31. The fourth-order valence-corrected chi connectivity index (χ4v) is 1.95. The molecule has 0 amide bonds. The van der Waals surface area contributed by atoms with E-state index in [9.17, 15) is 0 Å². The van der Waals surface area contributed by atoms with Crippen LogP contribution in [0.4, 0.5) is 0 Å². The van der Waals surface area contributed by atoms with Crippen LogP contribution in [0.15, 0.2) is 24.3 Å². The summed E-state index contributed by atoms with van der Waals surface area (Å²) in [7, 11) is 1.72. The molecule has 0 heterocycles. The van der Waals surface area contributed by atoms with E-state index in [0.717, 1.165) is 19.5 Å². The number of hydrogen-bond acceptors (Lipinski definition) is 3. The van der Waals surface area contributed by atoms with E-state index in [4.69, 9.17) is 9.84 Å². The van der Waals surface area contributed by atoms with E-state index in [1.807, 2.05) is 6.07 Å². The van der Waals surface area contributed by atoms with Crippen molar-refractivity contribution >= 4 is 0 Å². The van der Waals surface area contributed by atoms with E-state index in [1.54, 1.807) is 7.11 Å². The summed E-state index contributed by atoms with van der Waals surface area (Å²) in [4.78, 5) is 0. The molecule has 0 saturated carbocycles. The molecule has 0 spiro atoms. The molecule has 1 aromatic rings. The van der Waals surface area contributed by atoms with Gasteiger partial charge < -0.3 is 15.2 Å². The molecule has 0 aliphatic rings. The first-order chi connectivity index (χ1) is 8.59. The molecule has 0 aliphatic carbocycles. The van der Waals surface area contributed by atoms with Gasteiger partial charge in [-0.1, -0.05) is 38.1 Å². The average molecular weight is 251 g/mol. The van der Waals surface area contributed by atoms with Gasteiger partial charge in [0.25, 0.3) is 0 Å². The van der Waals surface area contributed by atoms with Crippen LogP contribution in [0.1, 0.15) is 31.4 Å². The Labute approximate surface area is 110 Å². The molecule has 0 bridgehead atoms. The number of methoxy groups -OCH3 is 1. The SMILES string of the molecule is COCc1ccccc1CNCC(C)(C)CCO. The summed E-state index contributed by atoms with van der Waals surface area (Å²) >= 11 is 0. The van der Waals surface area contributed by atoms with Crippen molar-refractivity contribution < 1.29 is 9.84 Å². The van der Waals surface area contributed by atoms with Crippen LogP contribution in [0.25, 0.3) is 0 Å². The summed E-state index contributed by atoms with van der Waals surface area (Å²) in [6.45, 7) is 6.96. The standard InChI is InChI=1S/C15H25NO2/c1-15(2,8-9-17)12-16-10-13-6-4-5-7-14(13)11-18-3/h4-7,16-17H,8-12H2,1-3H3. The molecule has 1 aromatic carbocycles. The molecule has 0 unspecified atom stereocenters. The van der Waals surface area contributed by atoms with Gasteiger partial charge in [0.2, 0.25) is 0 Å². The first-order valence-corrected chi connectivity index (χ1v) is 6.46. The monoisotopic (exact) mass is 251 g/mol. The zero-order chi connectivity index (χ0) is 13.4. The van der Waals surface area contributed by atoms with E-state index < -0.39 is 0 Å². The Morgan fingerprint density at radius 1 is 1.22 bits per heavy atom. The molecule has 0 aromatic heterocycles. The summed E-state index contributed by atoms with van der Waals surface area (Å²) in [6, 6.07) is 8.31. The van der Waals surface area contributed by atoms with E-state index in [-0.39, 0.29) is 12.0 Å². The van der Waals surface area contributed by atoms with E-state index in [2.05, 4.69) is 37.4 Å². The number of hydrogen-bond donors (Lipinski definition) is 2. The van der Waals surface area contributed by atoms with Gasteiger partial charge in [-0.3, -0.25) is 0 Å². The lowest BCUT2D eigenvalue weighted by molar-refractivity contribution is 0.183. The molecular weight excluding hydrogens is 226 g/mol. The third-order valence-electron chi connectivity index (χ3n) is 3.13. The molecule has 0 radical (unpaired) electrons. The van der Waals surface area contributed by atoms with Gasteiger partial charge in [-0.2, -0.15) is 0 Å². The highest BCUT2D eigenvalue weighted by Crippen LogP contribution is 2.18. The first-order valence-electron chi connectivity index (χ1n) is 6.46. The second-order valence-corrected chi connectivity index (χ2v) is 5.44. The fraction of sp³-hybridized carbons (Fsp3) is 0.600. The zero-order valence-corrected chi connectivity index (χ0v) is 11.7. The lowest BCUT2D eigenvalue weighted by atomic mass is 9.89. The molecular formula is C15H25NO2. The van der Waals surface area contributed by atoms with Gasteiger partial charge in [0.1, 0.15) is 0 Å².